The van der Waals surface area contributed by atoms with E-state index in [1.54, 1.807) is 24.7 Å². The van der Waals surface area contributed by atoms with Crippen LogP contribution in [0.2, 0.25) is 0 Å². The van der Waals surface area contributed by atoms with Gasteiger partial charge in [0.25, 0.3) is 0 Å². The van der Waals surface area contributed by atoms with E-state index in [0.717, 1.165) is 17.3 Å². The molecule has 4 rings (SSSR count). The molecule has 4 heterocycles. The van der Waals surface area contributed by atoms with Crippen molar-refractivity contribution in [3.63, 3.8) is 0 Å². The number of rotatable bonds is 2. The number of pyridine rings is 1. The van der Waals surface area contributed by atoms with E-state index >= 15 is 0 Å². The third-order valence-electron chi connectivity index (χ3n) is 4.28. The predicted molar refractivity (Wildman–Crippen MR) is 89.5 cm³/mol. The van der Waals surface area contributed by atoms with Crippen LogP contribution in [-0.2, 0) is 6.42 Å². The summed E-state index contributed by atoms with van der Waals surface area (Å²) in [4.78, 5) is 33.4. The topological polar surface area (TPSA) is 87.7 Å². The zero-order valence-corrected chi connectivity index (χ0v) is 13.5. The van der Waals surface area contributed by atoms with E-state index in [-0.39, 0.29) is 11.5 Å². The number of nitrogens with zero attached hydrogens (tertiary/aromatic N) is 5. The number of nitrogens with one attached hydrogen (secondary N) is 1. The summed E-state index contributed by atoms with van der Waals surface area (Å²) in [6.07, 6.45) is 5.70. The van der Waals surface area contributed by atoms with Gasteiger partial charge in [-0.1, -0.05) is 0 Å². The lowest BCUT2D eigenvalue weighted by Crippen LogP contribution is -2.36. The van der Waals surface area contributed by atoms with E-state index in [0.29, 0.717) is 30.4 Å². The van der Waals surface area contributed by atoms with Crippen molar-refractivity contribution in [1.29, 1.82) is 0 Å². The van der Waals surface area contributed by atoms with Crippen LogP contribution in [0.5, 0.6) is 0 Å². The smallest absolute Gasteiger partial charge is 0.197 e. The maximum atomic E-state index is 13.5. The van der Waals surface area contributed by atoms with Crippen LogP contribution in [0.25, 0.3) is 11.6 Å². The van der Waals surface area contributed by atoms with E-state index < -0.39 is 5.95 Å². The molecule has 126 valence electrons. The zero-order chi connectivity index (χ0) is 17.4. The molecule has 1 N–H and O–H groups in total. The molecule has 0 spiro atoms. The zero-order valence-electron chi connectivity index (χ0n) is 13.5. The Labute approximate surface area is 142 Å². The number of hydrogen-bond donors (Lipinski definition) is 1. The summed E-state index contributed by atoms with van der Waals surface area (Å²) in [5.41, 5.74) is 1.49. The number of aromatic nitrogens is 5. The second kappa shape index (κ2) is 6.04. The second-order valence-corrected chi connectivity index (χ2v) is 5.84. The molecule has 1 aliphatic heterocycles. The van der Waals surface area contributed by atoms with Crippen molar-refractivity contribution in [2.45, 2.75) is 19.4 Å². The predicted octanol–water partition coefficient (Wildman–Crippen LogP) is 1.88. The largest absolute Gasteiger partial charge is 0.351 e. The summed E-state index contributed by atoms with van der Waals surface area (Å²) in [5, 5.41) is 0. The Morgan fingerprint density at radius 1 is 1.20 bits per heavy atom. The number of fused-ring (bicyclic) bond motifs is 1. The highest BCUT2D eigenvalue weighted by molar-refractivity contribution is 5.48. The summed E-state index contributed by atoms with van der Waals surface area (Å²) in [7, 11) is 0. The number of halogens is 1. The fraction of sp³-hybridized carbons (Fsp3) is 0.235. The Morgan fingerprint density at radius 2 is 2.00 bits per heavy atom. The standard InChI is InChI=1S/C17H15FN6O/c1-10-12-9-21-17(16-19-4-2-5-20-16)22-13(12)3-6-24(10)15-8-11(25)7-14(18)23-15/h2,4-5,7-10H,3,6H2,1H3,(H,23,25). The molecule has 0 aliphatic carbocycles. The molecule has 7 nitrogen and oxygen atoms in total. The monoisotopic (exact) mass is 338 g/mol. The fourth-order valence-electron chi connectivity index (χ4n) is 3.07. The summed E-state index contributed by atoms with van der Waals surface area (Å²) in [5.74, 6) is 0.779. The van der Waals surface area contributed by atoms with Crippen LogP contribution < -0.4 is 10.3 Å². The van der Waals surface area contributed by atoms with Gasteiger partial charge in [-0.3, -0.25) is 4.79 Å². The minimum absolute atomic E-state index is 0.0908. The fourth-order valence-corrected chi connectivity index (χ4v) is 3.07. The van der Waals surface area contributed by atoms with Crippen molar-refractivity contribution in [3.05, 3.63) is 64.2 Å². The Bertz CT molecular complexity index is 974. The Balaban J connectivity index is 1.69. The third kappa shape index (κ3) is 2.86. The van der Waals surface area contributed by atoms with Crippen LogP contribution in [0.3, 0.4) is 0 Å². The van der Waals surface area contributed by atoms with E-state index in [9.17, 15) is 9.18 Å². The van der Waals surface area contributed by atoms with Gasteiger partial charge in [-0.25, -0.2) is 19.9 Å². The molecule has 1 atom stereocenters. The van der Waals surface area contributed by atoms with Gasteiger partial charge in [-0.2, -0.15) is 4.39 Å². The Morgan fingerprint density at radius 3 is 2.76 bits per heavy atom. The van der Waals surface area contributed by atoms with Gasteiger partial charge in [-0.05, 0) is 13.0 Å². The van der Waals surface area contributed by atoms with Gasteiger partial charge in [0.05, 0.1) is 11.7 Å². The van der Waals surface area contributed by atoms with Crippen molar-refractivity contribution in [1.82, 2.24) is 24.9 Å². The molecular weight excluding hydrogens is 323 g/mol. The van der Waals surface area contributed by atoms with Gasteiger partial charge in [-0.15, -0.1) is 0 Å². The van der Waals surface area contributed by atoms with Gasteiger partial charge < -0.3 is 9.88 Å². The third-order valence-corrected chi connectivity index (χ3v) is 4.28. The van der Waals surface area contributed by atoms with Crippen molar-refractivity contribution >= 4 is 5.82 Å². The van der Waals surface area contributed by atoms with Gasteiger partial charge >= 0.3 is 0 Å². The van der Waals surface area contributed by atoms with Gasteiger partial charge in [0, 0.05) is 49.3 Å². The van der Waals surface area contributed by atoms with E-state index in [4.69, 9.17) is 0 Å². The maximum absolute atomic E-state index is 13.5. The molecule has 0 saturated carbocycles. The SMILES string of the molecule is CC1c2cnc(-c3ncccn3)nc2CCN1c1cc(=O)cc(F)[nH]1. The first kappa shape index (κ1) is 15.4. The molecule has 25 heavy (non-hydrogen) atoms. The van der Waals surface area contributed by atoms with Crippen LogP contribution in [0.4, 0.5) is 10.2 Å². The first-order chi connectivity index (χ1) is 12.1. The summed E-state index contributed by atoms with van der Waals surface area (Å²) in [6.45, 7) is 2.59. The number of aromatic amines is 1. The molecule has 0 bridgehead atoms. The van der Waals surface area contributed by atoms with Crippen molar-refractivity contribution in [3.8, 4) is 11.6 Å². The molecule has 0 radical (unpaired) electrons. The Hall–Kier alpha value is -3.16. The summed E-state index contributed by atoms with van der Waals surface area (Å²) in [6, 6.07) is 3.98. The Kier molecular flexibility index (Phi) is 3.72. The molecule has 3 aromatic heterocycles. The van der Waals surface area contributed by atoms with Crippen molar-refractivity contribution in [2.75, 3.05) is 11.4 Å². The second-order valence-electron chi connectivity index (χ2n) is 5.84. The highest BCUT2D eigenvalue weighted by Crippen LogP contribution is 2.31. The summed E-state index contributed by atoms with van der Waals surface area (Å²) >= 11 is 0. The molecule has 1 unspecified atom stereocenters. The van der Waals surface area contributed by atoms with Crippen molar-refractivity contribution in [2.24, 2.45) is 0 Å². The van der Waals surface area contributed by atoms with E-state index in [1.807, 2.05) is 11.8 Å². The van der Waals surface area contributed by atoms with Crippen LogP contribution in [-0.4, -0.2) is 31.5 Å². The number of anilines is 1. The molecule has 8 heteroatoms. The number of hydrogen-bond acceptors (Lipinski definition) is 6. The minimum atomic E-state index is -0.645. The van der Waals surface area contributed by atoms with Crippen LogP contribution >= 0.6 is 0 Å². The highest BCUT2D eigenvalue weighted by atomic mass is 19.1. The molecule has 0 fully saturated rings. The first-order valence-corrected chi connectivity index (χ1v) is 7.91. The minimum Gasteiger partial charge on any atom is -0.351 e. The molecule has 1 aliphatic rings. The lowest BCUT2D eigenvalue weighted by molar-refractivity contribution is 0.561. The van der Waals surface area contributed by atoms with Crippen LogP contribution in [0.1, 0.15) is 24.2 Å². The van der Waals surface area contributed by atoms with Gasteiger partial charge in [0.15, 0.2) is 23.0 Å². The molecular formula is C17H15FN6O. The molecule has 0 amide bonds. The molecule has 3 aromatic rings. The van der Waals surface area contributed by atoms with E-state index in [2.05, 4.69) is 24.9 Å². The van der Waals surface area contributed by atoms with Crippen LogP contribution in [0, 0.1) is 5.95 Å². The normalized spacial score (nSPS) is 16.6. The lowest BCUT2D eigenvalue weighted by atomic mass is 9.99. The number of H-pyrrole nitrogens is 1. The van der Waals surface area contributed by atoms with Gasteiger partial charge in [0.2, 0.25) is 0 Å². The van der Waals surface area contributed by atoms with Gasteiger partial charge in [0.1, 0.15) is 5.82 Å². The first-order valence-electron chi connectivity index (χ1n) is 7.91. The molecule has 0 saturated heterocycles. The molecule has 0 aromatic carbocycles. The van der Waals surface area contributed by atoms with Crippen LogP contribution in [0.15, 0.2) is 41.6 Å². The average molecular weight is 338 g/mol. The summed E-state index contributed by atoms with van der Waals surface area (Å²) < 4.78 is 13.5. The van der Waals surface area contributed by atoms with Crippen molar-refractivity contribution < 1.29 is 4.39 Å². The highest BCUT2D eigenvalue weighted by Gasteiger charge is 2.27. The quantitative estimate of drug-likeness (QED) is 0.718. The lowest BCUT2D eigenvalue weighted by Gasteiger charge is -2.35. The van der Waals surface area contributed by atoms with E-state index in [1.165, 1.54) is 6.07 Å². The average Bonchev–Trinajstić information content (AvgIpc) is 2.61. The maximum Gasteiger partial charge on any atom is 0.197 e.